The molecule has 0 bridgehead atoms. The van der Waals surface area contributed by atoms with Gasteiger partial charge in [0.25, 0.3) is 11.5 Å². The van der Waals surface area contributed by atoms with Crippen molar-refractivity contribution in [3.8, 4) is 0 Å². The van der Waals surface area contributed by atoms with Gasteiger partial charge in [0.1, 0.15) is 5.56 Å². The number of hydrogen-bond acceptors (Lipinski definition) is 3. The van der Waals surface area contributed by atoms with Crippen LogP contribution in [0.5, 0.6) is 0 Å². The van der Waals surface area contributed by atoms with E-state index in [0.29, 0.717) is 5.69 Å². The van der Waals surface area contributed by atoms with Crippen molar-refractivity contribution in [3.63, 3.8) is 0 Å². The van der Waals surface area contributed by atoms with Crippen LogP contribution in [0, 0.1) is 6.92 Å². The summed E-state index contributed by atoms with van der Waals surface area (Å²) in [6, 6.07) is 7.17. The number of aryl methyl sites for hydroxylation is 1. The first-order valence-corrected chi connectivity index (χ1v) is 5.26. The highest BCUT2D eigenvalue weighted by molar-refractivity contribution is 6.03. The van der Waals surface area contributed by atoms with Crippen LogP contribution in [-0.4, -0.2) is 15.9 Å². The van der Waals surface area contributed by atoms with Gasteiger partial charge in [0.15, 0.2) is 0 Å². The molecule has 1 amide bonds. The van der Waals surface area contributed by atoms with Crippen LogP contribution in [0.25, 0.3) is 0 Å². The number of hydrogen-bond donors (Lipinski definition) is 3. The van der Waals surface area contributed by atoms with E-state index in [2.05, 4.69) is 10.3 Å². The zero-order chi connectivity index (χ0) is 13.1. The molecule has 0 aliphatic rings. The van der Waals surface area contributed by atoms with Gasteiger partial charge in [-0.25, -0.2) is 4.79 Å². The van der Waals surface area contributed by atoms with Gasteiger partial charge in [-0.15, -0.1) is 0 Å². The van der Waals surface area contributed by atoms with Gasteiger partial charge in [0.05, 0.1) is 0 Å². The van der Waals surface area contributed by atoms with Crippen LogP contribution in [0.3, 0.4) is 0 Å². The Kier molecular flexibility index (Phi) is 3.09. The zero-order valence-electron chi connectivity index (χ0n) is 9.61. The molecule has 1 aromatic heterocycles. The Morgan fingerprint density at radius 2 is 2.06 bits per heavy atom. The summed E-state index contributed by atoms with van der Waals surface area (Å²) in [6.07, 6.45) is 1.09. The molecule has 0 aliphatic carbocycles. The van der Waals surface area contributed by atoms with Crippen LogP contribution >= 0.6 is 0 Å². The van der Waals surface area contributed by atoms with E-state index in [1.54, 1.807) is 18.2 Å². The maximum Gasteiger partial charge on any atom is 0.325 e. The molecular formula is C12H11N3O3. The summed E-state index contributed by atoms with van der Waals surface area (Å²) in [5.74, 6) is -0.571. The van der Waals surface area contributed by atoms with Gasteiger partial charge in [0.2, 0.25) is 0 Å². The molecule has 3 N–H and O–H groups in total. The lowest BCUT2D eigenvalue weighted by Gasteiger charge is -2.04. The number of aromatic nitrogens is 2. The number of nitrogens with one attached hydrogen (secondary N) is 3. The third-order valence-corrected chi connectivity index (χ3v) is 2.34. The van der Waals surface area contributed by atoms with E-state index >= 15 is 0 Å². The first-order chi connectivity index (χ1) is 8.56. The Labute approximate surface area is 102 Å². The van der Waals surface area contributed by atoms with E-state index in [0.717, 1.165) is 11.8 Å². The molecule has 2 rings (SSSR count). The van der Waals surface area contributed by atoms with Gasteiger partial charge in [-0.3, -0.25) is 14.6 Å². The fourth-order valence-electron chi connectivity index (χ4n) is 1.50. The summed E-state index contributed by atoms with van der Waals surface area (Å²) in [5, 5.41) is 2.58. The molecule has 0 saturated carbocycles. The van der Waals surface area contributed by atoms with Gasteiger partial charge in [-0.05, 0) is 24.6 Å². The summed E-state index contributed by atoms with van der Waals surface area (Å²) in [4.78, 5) is 38.3. The van der Waals surface area contributed by atoms with Crippen LogP contribution in [-0.2, 0) is 0 Å². The highest BCUT2D eigenvalue weighted by atomic mass is 16.2. The Hall–Kier alpha value is -2.63. The molecule has 1 heterocycles. The highest BCUT2D eigenvalue weighted by Crippen LogP contribution is 2.10. The molecule has 1 aromatic carbocycles. The van der Waals surface area contributed by atoms with Crippen molar-refractivity contribution >= 4 is 11.6 Å². The van der Waals surface area contributed by atoms with Gasteiger partial charge in [-0.1, -0.05) is 12.1 Å². The molecule has 6 heteroatoms. The number of rotatable bonds is 2. The molecule has 0 radical (unpaired) electrons. The number of anilines is 1. The molecule has 0 fully saturated rings. The number of H-pyrrole nitrogens is 2. The fraction of sp³-hybridized carbons (Fsp3) is 0.0833. The minimum Gasteiger partial charge on any atom is -0.322 e. The molecule has 18 heavy (non-hydrogen) atoms. The Bertz CT molecular complexity index is 700. The zero-order valence-corrected chi connectivity index (χ0v) is 9.61. The molecule has 0 aliphatic heterocycles. The first-order valence-electron chi connectivity index (χ1n) is 5.26. The van der Waals surface area contributed by atoms with Crippen molar-refractivity contribution in [2.24, 2.45) is 0 Å². The summed E-state index contributed by atoms with van der Waals surface area (Å²) in [7, 11) is 0. The average molecular weight is 245 g/mol. The predicted molar refractivity (Wildman–Crippen MR) is 66.8 cm³/mol. The number of carbonyl (C=O) groups excluding carboxylic acids is 1. The minimum atomic E-state index is -0.719. The monoisotopic (exact) mass is 245 g/mol. The molecule has 0 unspecified atom stereocenters. The molecular weight excluding hydrogens is 234 g/mol. The summed E-state index contributed by atoms with van der Waals surface area (Å²) in [6.45, 7) is 1.89. The maximum atomic E-state index is 11.8. The lowest BCUT2D eigenvalue weighted by Crippen LogP contribution is -2.29. The molecule has 92 valence electrons. The minimum absolute atomic E-state index is 0.142. The van der Waals surface area contributed by atoms with Crippen molar-refractivity contribution in [3.05, 3.63) is 62.4 Å². The van der Waals surface area contributed by atoms with E-state index in [1.807, 2.05) is 18.0 Å². The van der Waals surface area contributed by atoms with E-state index in [4.69, 9.17) is 0 Å². The Balaban J connectivity index is 2.27. The van der Waals surface area contributed by atoms with Crippen molar-refractivity contribution in [1.29, 1.82) is 0 Å². The highest BCUT2D eigenvalue weighted by Gasteiger charge is 2.10. The third-order valence-electron chi connectivity index (χ3n) is 2.34. The number of aromatic amines is 2. The van der Waals surface area contributed by atoms with E-state index < -0.39 is 17.2 Å². The van der Waals surface area contributed by atoms with Crippen LogP contribution < -0.4 is 16.6 Å². The van der Waals surface area contributed by atoms with E-state index in [9.17, 15) is 14.4 Å². The van der Waals surface area contributed by atoms with Crippen LogP contribution in [0.1, 0.15) is 15.9 Å². The number of carbonyl (C=O) groups is 1. The molecule has 6 nitrogen and oxygen atoms in total. The van der Waals surface area contributed by atoms with Crippen molar-refractivity contribution in [2.75, 3.05) is 5.32 Å². The number of benzene rings is 1. The average Bonchev–Trinajstić information content (AvgIpc) is 2.28. The SMILES string of the molecule is Cc1cccc(NC(=O)c2c[nH]c(=O)[nH]c2=O)c1. The van der Waals surface area contributed by atoms with Gasteiger partial charge in [0, 0.05) is 11.9 Å². The third kappa shape index (κ3) is 2.54. The normalized spacial score (nSPS) is 10.1. The second-order valence-corrected chi connectivity index (χ2v) is 3.81. The van der Waals surface area contributed by atoms with Crippen molar-refractivity contribution in [2.45, 2.75) is 6.92 Å². The first kappa shape index (κ1) is 11.8. The molecule has 0 atom stereocenters. The number of amides is 1. The Morgan fingerprint density at radius 1 is 1.28 bits per heavy atom. The lowest BCUT2D eigenvalue weighted by molar-refractivity contribution is 0.102. The quantitative estimate of drug-likeness (QED) is 0.724. The van der Waals surface area contributed by atoms with Crippen molar-refractivity contribution < 1.29 is 4.79 Å². The van der Waals surface area contributed by atoms with Gasteiger partial charge in [-0.2, -0.15) is 0 Å². The Morgan fingerprint density at radius 3 is 2.72 bits per heavy atom. The largest absolute Gasteiger partial charge is 0.325 e. The summed E-state index contributed by atoms with van der Waals surface area (Å²) in [5.41, 5.74) is 0.0703. The van der Waals surface area contributed by atoms with Crippen LogP contribution in [0.2, 0.25) is 0 Å². The van der Waals surface area contributed by atoms with Crippen LogP contribution in [0.15, 0.2) is 40.1 Å². The summed E-state index contributed by atoms with van der Waals surface area (Å²) >= 11 is 0. The van der Waals surface area contributed by atoms with Crippen LogP contribution in [0.4, 0.5) is 5.69 Å². The standard InChI is InChI=1S/C12H11N3O3/c1-7-3-2-4-8(5-7)14-10(16)9-6-13-12(18)15-11(9)17/h2-6H,1H3,(H,14,16)(H2,13,15,17,18). The smallest absolute Gasteiger partial charge is 0.322 e. The van der Waals surface area contributed by atoms with Gasteiger partial charge >= 0.3 is 5.69 Å². The second-order valence-electron chi connectivity index (χ2n) is 3.81. The van der Waals surface area contributed by atoms with Crippen molar-refractivity contribution in [1.82, 2.24) is 9.97 Å². The predicted octanol–water partition coefficient (Wildman–Crippen LogP) is 0.624. The molecule has 2 aromatic rings. The lowest BCUT2D eigenvalue weighted by atomic mass is 10.2. The summed E-state index contributed by atoms with van der Waals surface area (Å²) < 4.78 is 0. The van der Waals surface area contributed by atoms with E-state index in [-0.39, 0.29) is 5.56 Å². The second kappa shape index (κ2) is 4.70. The molecule has 0 spiro atoms. The van der Waals surface area contributed by atoms with Gasteiger partial charge < -0.3 is 10.3 Å². The van der Waals surface area contributed by atoms with E-state index in [1.165, 1.54) is 0 Å². The fourth-order valence-corrected chi connectivity index (χ4v) is 1.50. The molecule has 0 saturated heterocycles. The topological polar surface area (TPSA) is 94.8 Å². The maximum absolute atomic E-state index is 11.8.